The molecular formula is C11H9BrN2S. The summed E-state index contributed by atoms with van der Waals surface area (Å²) in [5.41, 5.74) is 4.18. The van der Waals surface area contributed by atoms with Crippen LogP contribution in [0.25, 0.3) is 10.6 Å². The van der Waals surface area contributed by atoms with Crippen LogP contribution >= 0.6 is 27.3 Å². The molecule has 0 aliphatic heterocycles. The third-order valence-corrected chi connectivity index (χ3v) is 4.15. The lowest BCUT2D eigenvalue weighted by atomic mass is 10.1. The minimum absolute atomic E-state index is 0.845. The van der Waals surface area contributed by atoms with Gasteiger partial charge in [0.05, 0.1) is 0 Å². The van der Waals surface area contributed by atoms with E-state index in [-0.39, 0.29) is 0 Å². The Morgan fingerprint density at radius 2 is 2.00 bits per heavy atom. The van der Waals surface area contributed by atoms with Crippen molar-refractivity contribution in [3.05, 3.63) is 33.2 Å². The molecule has 1 aliphatic rings. The molecule has 0 fully saturated rings. The molecule has 15 heavy (non-hydrogen) atoms. The highest BCUT2D eigenvalue weighted by Gasteiger charge is 2.12. The van der Waals surface area contributed by atoms with E-state index in [2.05, 4.69) is 44.3 Å². The van der Waals surface area contributed by atoms with E-state index in [1.807, 2.05) is 0 Å². The minimum Gasteiger partial charge on any atom is -0.137 e. The minimum atomic E-state index is 0.845. The number of benzene rings is 1. The summed E-state index contributed by atoms with van der Waals surface area (Å²) in [6.45, 7) is 0. The van der Waals surface area contributed by atoms with Gasteiger partial charge >= 0.3 is 0 Å². The molecule has 4 heteroatoms. The van der Waals surface area contributed by atoms with E-state index in [9.17, 15) is 0 Å². The van der Waals surface area contributed by atoms with Crippen molar-refractivity contribution in [2.75, 3.05) is 0 Å². The SMILES string of the molecule is Brc1nnc(-c2ccc3c(c2)CCC3)s1. The molecule has 1 heterocycles. The molecule has 0 unspecified atom stereocenters. The molecule has 0 amide bonds. The molecule has 1 aromatic carbocycles. The Bertz CT molecular complexity index is 507. The molecule has 0 saturated carbocycles. The van der Waals surface area contributed by atoms with Crippen LogP contribution in [0.4, 0.5) is 0 Å². The summed E-state index contributed by atoms with van der Waals surface area (Å²) < 4.78 is 0.845. The molecule has 0 saturated heterocycles. The van der Waals surface area contributed by atoms with Crippen molar-refractivity contribution in [3.8, 4) is 10.6 Å². The fourth-order valence-corrected chi connectivity index (χ4v) is 3.13. The third-order valence-electron chi connectivity index (χ3n) is 2.75. The number of rotatable bonds is 1. The Morgan fingerprint density at radius 1 is 1.13 bits per heavy atom. The van der Waals surface area contributed by atoms with E-state index >= 15 is 0 Å². The van der Waals surface area contributed by atoms with E-state index in [0.717, 1.165) is 8.92 Å². The average molecular weight is 281 g/mol. The maximum absolute atomic E-state index is 4.13. The van der Waals surface area contributed by atoms with Gasteiger partial charge in [0.2, 0.25) is 0 Å². The molecule has 2 aromatic rings. The number of aryl methyl sites for hydroxylation is 2. The van der Waals surface area contributed by atoms with Gasteiger partial charge in [-0.1, -0.05) is 23.5 Å². The number of hydrogen-bond donors (Lipinski definition) is 0. The molecule has 0 spiro atoms. The van der Waals surface area contributed by atoms with Crippen molar-refractivity contribution in [1.29, 1.82) is 0 Å². The first-order valence-electron chi connectivity index (χ1n) is 4.94. The molecule has 2 nitrogen and oxygen atoms in total. The van der Waals surface area contributed by atoms with Gasteiger partial charge in [-0.15, -0.1) is 10.2 Å². The zero-order chi connectivity index (χ0) is 10.3. The first-order chi connectivity index (χ1) is 7.33. The van der Waals surface area contributed by atoms with Crippen molar-refractivity contribution < 1.29 is 0 Å². The zero-order valence-corrected chi connectivity index (χ0v) is 10.4. The van der Waals surface area contributed by atoms with Crippen molar-refractivity contribution in [1.82, 2.24) is 10.2 Å². The highest BCUT2D eigenvalue weighted by molar-refractivity contribution is 9.11. The Hall–Kier alpha value is -0.740. The molecule has 0 radical (unpaired) electrons. The molecule has 0 N–H and O–H groups in total. The quantitative estimate of drug-likeness (QED) is 0.800. The zero-order valence-electron chi connectivity index (χ0n) is 8.03. The van der Waals surface area contributed by atoms with Crippen LogP contribution in [0.1, 0.15) is 17.5 Å². The fraction of sp³-hybridized carbons (Fsp3) is 0.273. The van der Waals surface area contributed by atoms with Crippen LogP contribution in [0.15, 0.2) is 22.1 Å². The maximum Gasteiger partial charge on any atom is 0.183 e. The smallest absolute Gasteiger partial charge is 0.137 e. The number of halogens is 1. The lowest BCUT2D eigenvalue weighted by Crippen LogP contribution is -1.84. The van der Waals surface area contributed by atoms with Gasteiger partial charge in [-0.3, -0.25) is 0 Å². The normalized spacial score (nSPS) is 14.2. The van der Waals surface area contributed by atoms with Crippen LogP contribution in [0.3, 0.4) is 0 Å². The number of nitrogens with zero attached hydrogens (tertiary/aromatic N) is 2. The number of hydrogen-bond acceptors (Lipinski definition) is 3. The monoisotopic (exact) mass is 280 g/mol. The van der Waals surface area contributed by atoms with E-state index in [1.165, 1.54) is 36.0 Å². The van der Waals surface area contributed by atoms with Gasteiger partial charge in [0, 0.05) is 5.56 Å². The van der Waals surface area contributed by atoms with Crippen LogP contribution in [0.2, 0.25) is 0 Å². The summed E-state index contributed by atoms with van der Waals surface area (Å²) >= 11 is 4.92. The van der Waals surface area contributed by atoms with Gasteiger partial charge in [0.15, 0.2) is 3.92 Å². The third kappa shape index (κ3) is 1.72. The first kappa shape index (κ1) is 9.48. The van der Waals surface area contributed by atoms with Gasteiger partial charge in [-0.05, 0) is 52.4 Å². The first-order valence-corrected chi connectivity index (χ1v) is 6.55. The summed E-state index contributed by atoms with van der Waals surface area (Å²) in [7, 11) is 0. The molecule has 76 valence electrons. The van der Waals surface area contributed by atoms with E-state index < -0.39 is 0 Å². The summed E-state index contributed by atoms with van der Waals surface area (Å²) in [6.07, 6.45) is 3.73. The molecular weight excluding hydrogens is 272 g/mol. The van der Waals surface area contributed by atoms with E-state index in [0.29, 0.717) is 0 Å². The van der Waals surface area contributed by atoms with Gasteiger partial charge in [0.1, 0.15) is 5.01 Å². The molecule has 0 atom stereocenters. The lowest BCUT2D eigenvalue weighted by molar-refractivity contribution is 0.912. The van der Waals surface area contributed by atoms with Gasteiger partial charge in [0.25, 0.3) is 0 Å². The van der Waals surface area contributed by atoms with Gasteiger partial charge in [-0.25, -0.2) is 0 Å². The van der Waals surface area contributed by atoms with Crippen molar-refractivity contribution in [3.63, 3.8) is 0 Å². The number of aromatic nitrogens is 2. The lowest BCUT2D eigenvalue weighted by Gasteiger charge is -2.00. The van der Waals surface area contributed by atoms with Gasteiger partial charge < -0.3 is 0 Å². The predicted molar refractivity (Wildman–Crippen MR) is 65.1 cm³/mol. The maximum atomic E-state index is 4.13. The van der Waals surface area contributed by atoms with Crippen molar-refractivity contribution in [2.24, 2.45) is 0 Å². The Labute approximate surface area is 100 Å². The van der Waals surface area contributed by atoms with Crippen LogP contribution in [0.5, 0.6) is 0 Å². The topological polar surface area (TPSA) is 25.8 Å². The Morgan fingerprint density at radius 3 is 2.80 bits per heavy atom. The average Bonchev–Trinajstić information content (AvgIpc) is 2.84. The predicted octanol–water partition coefficient (Wildman–Crippen LogP) is 3.46. The highest BCUT2D eigenvalue weighted by atomic mass is 79.9. The van der Waals surface area contributed by atoms with Crippen LogP contribution in [-0.4, -0.2) is 10.2 Å². The van der Waals surface area contributed by atoms with Crippen LogP contribution < -0.4 is 0 Å². The Kier molecular flexibility index (Phi) is 2.33. The van der Waals surface area contributed by atoms with E-state index in [4.69, 9.17) is 0 Å². The van der Waals surface area contributed by atoms with Gasteiger partial charge in [-0.2, -0.15) is 0 Å². The molecule has 1 aliphatic carbocycles. The summed E-state index contributed by atoms with van der Waals surface area (Å²) in [4.78, 5) is 0. The molecule has 0 bridgehead atoms. The summed E-state index contributed by atoms with van der Waals surface area (Å²) in [6, 6.07) is 6.64. The largest absolute Gasteiger partial charge is 0.183 e. The second kappa shape index (κ2) is 3.68. The molecule has 1 aromatic heterocycles. The van der Waals surface area contributed by atoms with Crippen LogP contribution in [-0.2, 0) is 12.8 Å². The standard InChI is InChI=1S/C11H9BrN2S/c12-11-14-13-10(15-11)9-5-4-7-2-1-3-8(7)6-9/h4-6H,1-3H2. The second-order valence-electron chi connectivity index (χ2n) is 3.70. The molecule has 3 rings (SSSR count). The number of fused-ring (bicyclic) bond motifs is 1. The van der Waals surface area contributed by atoms with E-state index in [1.54, 1.807) is 11.3 Å². The second-order valence-corrected chi connectivity index (χ2v) is 5.95. The van der Waals surface area contributed by atoms with Crippen molar-refractivity contribution in [2.45, 2.75) is 19.3 Å². The summed E-state index contributed by atoms with van der Waals surface area (Å²) in [5, 5.41) is 9.10. The summed E-state index contributed by atoms with van der Waals surface area (Å²) in [5.74, 6) is 0. The van der Waals surface area contributed by atoms with Crippen molar-refractivity contribution >= 4 is 27.3 Å². The van der Waals surface area contributed by atoms with Crippen LogP contribution in [0, 0.1) is 0 Å². The fourth-order valence-electron chi connectivity index (χ4n) is 2.03. The Balaban J connectivity index is 2.06. The highest BCUT2D eigenvalue weighted by Crippen LogP contribution is 2.30.